The molecule has 45 heavy (non-hydrogen) atoms. The van der Waals surface area contributed by atoms with E-state index in [1.165, 1.54) is 198 Å². The first-order valence-electron chi connectivity index (χ1n) is 20.8. The summed E-state index contributed by atoms with van der Waals surface area (Å²) < 4.78 is -0.0127. The van der Waals surface area contributed by atoms with E-state index in [-0.39, 0.29) is 4.65 Å². The number of quaternary nitrogens is 1. The Morgan fingerprint density at radius 1 is 0.356 bits per heavy atom. The topological polar surface area (TPSA) is 23.1 Å². The van der Waals surface area contributed by atoms with Crippen LogP contribution in [0, 0.1) is 5.21 Å². The molecule has 0 aliphatic carbocycles. The van der Waals surface area contributed by atoms with Crippen molar-refractivity contribution in [2.24, 2.45) is 0 Å². The van der Waals surface area contributed by atoms with Gasteiger partial charge in [0, 0.05) is 5.56 Å². The lowest BCUT2D eigenvalue weighted by Crippen LogP contribution is -2.43. The van der Waals surface area contributed by atoms with E-state index in [2.05, 4.69) is 44.2 Å². The third-order valence-corrected chi connectivity index (χ3v) is 10.2. The fourth-order valence-corrected chi connectivity index (χ4v) is 7.08. The molecule has 0 saturated carbocycles. The van der Waals surface area contributed by atoms with Gasteiger partial charge in [-0.25, -0.2) is 0 Å². The zero-order valence-electron chi connectivity index (χ0n) is 31.0. The van der Waals surface area contributed by atoms with Gasteiger partial charge in [-0.15, -0.1) is 0 Å². The molecule has 0 heterocycles. The van der Waals surface area contributed by atoms with E-state index in [0.29, 0.717) is 6.54 Å². The molecule has 0 aromatic heterocycles. The van der Waals surface area contributed by atoms with Crippen LogP contribution in [-0.2, 0) is 6.54 Å². The maximum Gasteiger partial charge on any atom is 0.104 e. The summed E-state index contributed by atoms with van der Waals surface area (Å²) in [7, 11) is 0. The molecule has 2 nitrogen and oxygen atoms in total. The summed E-state index contributed by atoms with van der Waals surface area (Å²) in [4.78, 5) is 0. The monoisotopic (exact) mass is 628 g/mol. The van der Waals surface area contributed by atoms with Crippen molar-refractivity contribution in [3.05, 3.63) is 41.1 Å². The van der Waals surface area contributed by atoms with Crippen LogP contribution in [-0.4, -0.2) is 17.7 Å². The van der Waals surface area contributed by atoms with Gasteiger partial charge >= 0.3 is 0 Å². The SMILES string of the molecule is CCCCCCCCCCCCCCCCCC[N+]([O-])(CCCCCCCCCCCCCCCCCC)Cc1ccccc1. The standard InChI is InChI=1S/C43H81NO/c1-3-5-7-9-11-13-15-17-19-21-23-25-27-29-31-36-40-44(45,42-43-38-34-33-35-39-43)41-37-32-30-28-26-24-22-20-18-16-14-12-10-8-6-4-2/h33-35,38-39H,3-32,36-37,40-42H2,1-2H3. The number of nitrogens with zero attached hydrogens (tertiary/aromatic N) is 1. The summed E-state index contributed by atoms with van der Waals surface area (Å²) in [6.45, 7) is 6.84. The minimum Gasteiger partial charge on any atom is -0.633 e. The van der Waals surface area contributed by atoms with Crippen LogP contribution < -0.4 is 0 Å². The number of hydroxylamine groups is 3. The number of benzene rings is 1. The van der Waals surface area contributed by atoms with Crippen molar-refractivity contribution in [1.82, 2.24) is 0 Å². The molecule has 0 unspecified atom stereocenters. The second-order valence-corrected chi connectivity index (χ2v) is 14.8. The average Bonchev–Trinajstić information content (AvgIpc) is 3.05. The molecule has 0 radical (unpaired) electrons. The van der Waals surface area contributed by atoms with Gasteiger partial charge in [0.1, 0.15) is 6.54 Å². The van der Waals surface area contributed by atoms with Gasteiger partial charge in [-0.05, 0) is 25.7 Å². The van der Waals surface area contributed by atoms with Crippen LogP contribution in [0.1, 0.15) is 225 Å². The Kier molecular flexibility index (Phi) is 31.0. The van der Waals surface area contributed by atoms with E-state index in [9.17, 15) is 5.21 Å². The average molecular weight is 628 g/mol. The molecule has 0 saturated heterocycles. The summed E-state index contributed by atoms with van der Waals surface area (Å²) in [6.07, 6.45) is 44.2. The van der Waals surface area contributed by atoms with Crippen molar-refractivity contribution >= 4 is 0 Å². The summed E-state index contributed by atoms with van der Waals surface area (Å²) in [6, 6.07) is 10.5. The van der Waals surface area contributed by atoms with Crippen molar-refractivity contribution in [2.75, 3.05) is 13.1 Å². The number of hydrogen-bond acceptors (Lipinski definition) is 1. The Balaban J connectivity index is 2.05. The molecule has 0 atom stereocenters. The second-order valence-electron chi connectivity index (χ2n) is 14.8. The predicted molar refractivity (Wildman–Crippen MR) is 203 cm³/mol. The Labute approximate surface area is 284 Å². The molecule has 0 fully saturated rings. The van der Waals surface area contributed by atoms with E-state index in [1.54, 1.807) is 0 Å². The van der Waals surface area contributed by atoms with Crippen molar-refractivity contribution in [1.29, 1.82) is 0 Å². The molecular formula is C43H81NO. The minimum absolute atomic E-state index is 0.0127. The fraction of sp³-hybridized carbons (Fsp3) is 0.860. The lowest BCUT2D eigenvalue weighted by molar-refractivity contribution is -0.894. The van der Waals surface area contributed by atoms with Gasteiger partial charge in [-0.2, -0.15) is 0 Å². The Bertz CT molecular complexity index is 652. The van der Waals surface area contributed by atoms with E-state index in [0.717, 1.165) is 25.9 Å². The highest BCUT2D eigenvalue weighted by Gasteiger charge is 2.17. The zero-order valence-corrected chi connectivity index (χ0v) is 31.0. The van der Waals surface area contributed by atoms with Gasteiger partial charge < -0.3 is 9.85 Å². The van der Waals surface area contributed by atoms with Crippen LogP contribution in [0.3, 0.4) is 0 Å². The fourth-order valence-electron chi connectivity index (χ4n) is 7.08. The largest absolute Gasteiger partial charge is 0.633 e. The highest BCUT2D eigenvalue weighted by molar-refractivity contribution is 5.13. The van der Waals surface area contributed by atoms with Crippen LogP contribution in [0.25, 0.3) is 0 Å². The van der Waals surface area contributed by atoms with Gasteiger partial charge in [0.2, 0.25) is 0 Å². The highest BCUT2D eigenvalue weighted by atomic mass is 16.5. The molecule has 2 heteroatoms. The van der Waals surface area contributed by atoms with Gasteiger partial charge in [0.05, 0.1) is 13.1 Å². The van der Waals surface area contributed by atoms with Gasteiger partial charge in [-0.3, -0.25) is 0 Å². The maximum atomic E-state index is 13.9. The number of rotatable bonds is 36. The lowest BCUT2D eigenvalue weighted by Gasteiger charge is -2.43. The maximum absolute atomic E-state index is 13.9. The molecule has 1 rings (SSSR count). The molecule has 0 bridgehead atoms. The van der Waals surface area contributed by atoms with E-state index in [1.807, 2.05) is 0 Å². The summed E-state index contributed by atoms with van der Waals surface area (Å²) in [5, 5.41) is 13.9. The molecule has 1 aromatic rings. The summed E-state index contributed by atoms with van der Waals surface area (Å²) >= 11 is 0. The molecule has 0 N–H and O–H groups in total. The summed E-state index contributed by atoms with van der Waals surface area (Å²) in [5.41, 5.74) is 1.21. The molecule has 0 aliphatic heterocycles. The number of unbranched alkanes of at least 4 members (excludes halogenated alkanes) is 30. The molecule has 0 amide bonds. The highest BCUT2D eigenvalue weighted by Crippen LogP contribution is 2.20. The van der Waals surface area contributed by atoms with Gasteiger partial charge in [-0.1, -0.05) is 224 Å². The Morgan fingerprint density at radius 3 is 0.867 bits per heavy atom. The predicted octanol–water partition coefficient (Wildman–Crippen LogP) is 15.0. The molecule has 0 aliphatic rings. The van der Waals surface area contributed by atoms with Crippen LogP contribution >= 0.6 is 0 Å². The normalized spacial score (nSPS) is 11.9. The molecular weight excluding hydrogens is 546 g/mol. The first-order valence-corrected chi connectivity index (χ1v) is 20.8. The molecule has 1 aromatic carbocycles. The van der Waals surface area contributed by atoms with Crippen LogP contribution in [0.15, 0.2) is 30.3 Å². The first kappa shape index (κ1) is 42.2. The van der Waals surface area contributed by atoms with Crippen LogP contribution in [0.2, 0.25) is 0 Å². The van der Waals surface area contributed by atoms with E-state index >= 15 is 0 Å². The smallest absolute Gasteiger partial charge is 0.104 e. The zero-order chi connectivity index (χ0) is 32.4. The van der Waals surface area contributed by atoms with Crippen molar-refractivity contribution in [2.45, 2.75) is 226 Å². The number of hydrogen-bond donors (Lipinski definition) is 0. The van der Waals surface area contributed by atoms with Crippen LogP contribution in [0.5, 0.6) is 0 Å². The van der Waals surface area contributed by atoms with Crippen molar-refractivity contribution in [3.63, 3.8) is 0 Å². The molecule has 0 spiro atoms. The van der Waals surface area contributed by atoms with Crippen LogP contribution in [0.4, 0.5) is 0 Å². The third kappa shape index (κ3) is 29.0. The van der Waals surface area contributed by atoms with Crippen molar-refractivity contribution in [3.8, 4) is 0 Å². The lowest BCUT2D eigenvalue weighted by atomic mass is 10.0. The minimum atomic E-state index is -0.0127. The Morgan fingerprint density at radius 2 is 0.600 bits per heavy atom. The van der Waals surface area contributed by atoms with Gasteiger partial charge in [0.15, 0.2) is 0 Å². The third-order valence-electron chi connectivity index (χ3n) is 10.2. The van der Waals surface area contributed by atoms with Crippen molar-refractivity contribution < 1.29 is 4.65 Å². The second kappa shape index (κ2) is 33.1. The van der Waals surface area contributed by atoms with E-state index in [4.69, 9.17) is 0 Å². The quantitative estimate of drug-likeness (QED) is 0.0412. The van der Waals surface area contributed by atoms with Gasteiger partial charge in [0.25, 0.3) is 0 Å². The summed E-state index contributed by atoms with van der Waals surface area (Å²) in [5.74, 6) is 0. The Hall–Kier alpha value is -0.860. The van der Waals surface area contributed by atoms with E-state index < -0.39 is 0 Å². The first-order chi connectivity index (χ1) is 22.2. The molecule has 264 valence electrons.